The summed E-state index contributed by atoms with van der Waals surface area (Å²) >= 11 is 0. The van der Waals surface area contributed by atoms with Crippen LogP contribution < -0.4 is 11.1 Å². The van der Waals surface area contributed by atoms with Gasteiger partial charge in [0, 0.05) is 17.5 Å². The van der Waals surface area contributed by atoms with E-state index < -0.39 is 0 Å². The highest BCUT2D eigenvalue weighted by Gasteiger charge is 1.98. The van der Waals surface area contributed by atoms with Crippen molar-refractivity contribution in [3.8, 4) is 0 Å². The van der Waals surface area contributed by atoms with Crippen LogP contribution in [0.15, 0.2) is 48.5 Å². The van der Waals surface area contributed by atoms with E-state index >= 15 is 0 Å². The summed E-state index contributed by atoms with van der Waals surface area (Å²) in [5.74, 6) is -0.157. The molecule has 4 heteroatoms. The van der Waals surface area contributed by atoms with Crippen LogP contribution in [0.3, 0.4) is 0 Å². The van der Waals surface area contributed by atoms with Gasteiger partial charge in [-0.25, -0.2) is 0 Å². The molecule has 1 aromatic carbocycles. The zero-order chi connectivity index (χ0) is 14.4. The number of aryl methyl sites for hydroxylation is 1. The van der Waals surface area contributed by atoms with Crippen molar-refractivity contribution in [1.82, 2.24) is 10.3 Å². The normalized spacial score (nSPS) is 10.7. The molecular formula is C16H17N3O. The number of carbonyl (C=O) groups excluding carboxylic acids is 1. The molecule has 0 fully saturated rings. The molecule has 3 N–H and O–H groups in total. The van der Waals surface area contributed by atoms with Crippen LogP contribution in [0.5, 0.6) is 0 Å². The second kappa shape index (κ2) is 6.52. The second-order valence-corrected chi connectivity index (χ2v) is 4.49. The van der Waals surface area contributed by atoms with Crippen molar-refractivity contribution in [3.63, 3.8) is 0 Å². The molecule has 2 aromatic rings. The van der Waals surface area contributed by atoms with E-state index in [0.717, 1.165) is 17.0 Å². The lowest BCUT2D eigenvalue weighted by Gasteiger charge is -2.02. The standard InChI is InChI=1S/C16H17N3O/c1-12-4-2-7-15(19-12)11-18-16(20)9-8-13-5-3-6-14(17)10-13/h2-10H,11,17H2,1H3,(H,18,20)/b9-8+. The fourth-order valence-corrected chi connectivity index (χ4v) is 1.77. The number of nitrogen functional groups attached to an aromatic ring is 1. The molecule has 0 aliphatic heterocycles. The van der Waals surface area contributed by atoms with Gasteiger partial charge in [-0.3, -0.25) is 9.78 Å². The molecule has 0 aliphatic rings. The third-order valence-electron chi connectivity index (χ3n) is 2.73. The fraction of sp³-hybridized carbons (Fsp3) is 0.125. The van der Waals surface area contributed by atoms with Crippen molar-refractivity contribution in [3.05, 3.63) is 65.5 Å². The van der Waals surface area contributed by atoms with Gasteiger partial charge in [-0.05, 0) is 42.8 Å². The summed E-state index contributed by atoms with van der Waals surface area (Å²) in [6.45, 7) is 2.34. The average molecular weight is 267 g/mol. The van der Waals surface area contributed by atoms with Crippen LogP contribution in [-0.2, 0) is 11.3 Å². The predicted octanol–water partition coefficient (Wildman–Crippen LogP) is 2.30. The minimum absolute atomic E-state index is 0.157. The van der Waals surface area contributed by atoms with Crippen molar-refractivity contribution in [2.45, 2.75) is 13.5 Å². The second-order valence-electron chi connectivity index (χ2n) is 4.49. The summed E-state index contributed by atoms with van der Waals surface area (Å²) < 4.78 is 0. The van der Waals surface area contributed by atoms with E-state index in [9.17, 15) is 4.79 Å². The fourth-order valence-electron chi connectivity index (χ4n) is 1.77. The maximum absolute atomic E-state index is 11.7. The van der Waals surface area contributed by atoms with Gasteiger partial charge in [0.1, 0.15) is 0 Å². The van der Waals surface area contributed by atoms with Crippen LogP contribution >= 0.6 is 0 Å². The molecule has 2 rings (SSSR count). The molecule has 1 amide bonds. The average Bonchev–Trinajstić information content (AvgIpc) is 2.43. The van der Waals surface area contributed by atoms with E-state index in [4.69, 9.17) is 5.73 Å². The van der Waals surface area contributed by atoms with Gasteiger partial charge in [0.15, 0.2) is 0 Å². The molecule has 0 bridgehead atoms. The third-order valence-corrected chi connectivity index (χ3v) is 2.73. The molecule has 1 aromatic heterocycles. The van der Waals surface area contributed by atoms with Crippen molar-refractivity contribution < 1.29 is 4.79 Å². The lowest BCUT2D eigenvalue weighted by Crippen LogP contribution is -2.20. The zero-order valence-electron chi connectivity index (χ0n) is 11.3. The molecule has 0 aliphatic carbocycles. The summed E-state index contributed by atoms with van der Waals surface area (Å²) in [7, 11) is 0. The number of benzene rings is 1. The van der Waals surface area contributed by atoms with Crippen molar-refractivity contribution >= 4 is 17.7 Å². The first kappa shape index (κ1) is 13.8. The Hall–Kier alpha value is -2.62. The Bertz CT molecular complexity index is 635. The summed E-state index contributed by atoms with van der Waals surface area (Å²) in [6, 6.07) is 13.1. The minimum Gasteiger partial charge on any atom is -0.399 e. The number of hydrogen-bond acceptors (Lipinski definition) is 3. The first-order valence-electron chi connectivity index (χ1n) is 6.37. The van der Waals surface area contributed by atoms with Crippen LogP contribution in [-0.4, -0.2) is 10.9 Å². The summed E-state index contributed by atoms with van der Waals surface area (Å²) in [5, 5.41) is 2.79. The largest absolute Gasteiger partial charge is 0.399 e. The molecular weight excluding hydrogens is 250 g/mol. The number of carbonyl (C=O) groups is 1. The first-order chi connectivity index (χ1) is 9.63. The number of nitrogens with zero attached hydrogens (tertiary/aromatic N) is 1. The van der Waals surface area contributed by atoms with Crippen LogP contribution in [0.25, 0.3) is 6.08 Å². The van der Waals surface area contributed by atoms with Gasteiger partial charge in [0.05, 0.1) is 12.2 Å². The Morgan fingerprint density at radius 1 is 1.30 bits per heavy atom. The summed E-state index contributed by atoms with van der Waals surface area (Å²) in [6.07, 6.45) is 3.22. The van der Waals surface area contributed by atoms with Crippen LogP contribution in [0.1, 0.15) is 17.0 Å². The summed E-state index contributed by atoms with van der Waals surface area (Å²) in [5.41, 5.74) is 9.03. The van der Waals surface area contributed by atoms with Gasteiger partial charge in [0.25, 0.3) is 0 Å². The van der Waals surface area contributed by atoms with Crippen molar-refractivity contribution in [2.24, 2.45) is 0 Å². The molecule has 0 unspecified atom stereocenters. The van der Waals surface area contributed by atoms with Gasteiger partial charge >= 0.3 is 0 Å². The molecule has 1 heterocycles. The van der Waals surface area contributed by atoms with E-state index in [-0.39, 0.29) is 5.91 Å². The maximum Gasteiger partial charge on any atom is 0.244 e. The van der Waals surface area contributed by atoms with Crippen LogP contribution in [0.4, 0.5) is 5.69 Å². The number of rotatable bonds is 4. The predicted molar refractivity (Wildman–Crippen MR) is 80.7 cm³/mol. The Morgan fingerprint density at radius 3 is 2.85 bits per heavy atom. The van der Waals surface area contributed by atoms with Crippen LogP contribution in [0.2, 0.25) is 0 Å². The number of nitrogens with one attached hydrogen (secondary N) is 1. The van der Waals surface area contributed by atoms with Crippen LogP contribution in [0, 0.1) is 6.92 Å². The number of amides is 1. The van der Waals surface area contributed by atoms with E-state index in [1.54, 1.807) is 12.1 Å². The lowest BCUT2D eigenvalue weighted by atomic mass is 10.2. The monoisotopic (exact) mass is 267 g/mol. The van der Waals surface area contributed by atoms with Gasteiger partial charge in [-0.15, -0.1) is 0 Å². The van der Waals surface area contributed by atoms with Crippen molar-refractivity contribution in [1.29, 1.82) is 0 Å². The van der Waals surface area contributed by atoms with Gasteiger partial charge in [0.2, 0.25) is 5.91 Å². The Labute approximate surface area is 118 Å². The van der Waals surface area contributed by atoms with E-state index in [0.29, 0.717) is 12.2 Å². The molecule has 20 heavy (non-hydrogen) atoms. The molecule has 0 saturated heterocycles. The smallest absolute Gasteiger partial charge is 0.244 e. The molecule has 102 valence electrons. The number of pyridine rings is 1. The highest BCUT2D eigenvalue weighted by atomic mass is 16.1. The number of aromatic nitrogens is 1. The quantitative estimate of drug-likeness (QED) is 0.659. The van der Waals surface area contributed by atoms with Crippen molar-refractivity contribution in [2.75, 3.05) is 5.73 Å². The Kier molecular flexibility index (Phi) is 4.50. The number of anilines is 1. The maximum atomic E-state index is 11.7. The van der Waals surface area contributed by atoms with E-state index in [1.165, 1.54) is 6.08 Å². The highest BCUT2D eigenvalue weighted by Crippen LogP contribution is 2.07. The van der Waals surface area contributed by atoms with E-state index in [2.05, 4.69) is 10.3 Å². The van der Waals surface area contributed by atoms with Gasteiger partial charge < -0.3 is 11.1 Å². The molecule has 0 atom stereocenters. The zero-order valence-corrected chi connectivity index (χ0v) is 11.3. The molecule has 4 nitrogen and oxygen atoms in total. The molecule has 0 spiro atoms. The molecule has 0 radical (unpaired) electrons. The lowest BCUT2D eigenvalue weighted by molar-refractivity contribution is -0.116. The van der Waals surface area contributed by atoms with E-state index in [1.807, 2.05) is 43.3 Å². The summed E-state index contributed by atoms with van der Waals surface area (Å²) in [4.78, 5) is 16.0. The number of hydrogen-bond donors (Lipinski definition) is 2. The number of nitrogens with two attached hydrogens (primary N) is 1. The molecule has 0 saturated carbocycles. The van der Waals surface area contributed by atoms with Gasteiger partial charge in [-0.2, -0.15) is 0 Å². The topological polar surface area (TPSA) is 68.0 Å². The Morgan fingerprint density at radius 2 is 2.10 bits per heavy atom. The highest BCUT2D eigenvalue weighted by molar-refractivity contribution is 5.91. The third kappa shape index (κ3) is 4.24. The van der Waals surface area contributed by atoms with Gasteiger partial charge in [-0.1, -0.05) is 18.2 Å². The minimum atomic E-state index is -0.157. The Balaban J connectivity index is 1.89. The first-order valence-corrected chi connectivity index (χ1v) is 6.37. The SMILES string of the molecule is Cc1cccc(CNC(=O)/C=C/c2cccc(N)c2)n1.